The molecule has 1 aromatic heterocycles. The SMILES string of the molecule is CCc1noc(CC)c1CNC(=NC)NCCNc1ccc([N+](=O)[O-])cc1.I. The van der Waals surface area contributed by atoms with Crippen LogP contribution < -0.4 is 16.0 Å². The van der Waals surface area contributed by atoms with Gasteiger partial charge < -0.3 is 20.5 Å². The summed E-state index contributed by atoms with van der Waals surface area (Å²) in [6.45, 7) is 5.98. The number of hydrogen-bond donors (Lipinski definition) is 3. The molecule has 0 unspecified atom stereocenters. The Kier molecular flexibility index (Phi) is 10.3. The van der Waals surface area contributed by atoms with Crippen LogP contribution in [0.4, 0.5) is 11.4 Å². The van der Waals surface area contributed by atoms with E-state index in [0.29, 0.717) is 25.6 Å². The lowest BCUT2D eigenvalue weighted by Gasteiger charge is -2.13. The van der Waals surface area contributed by atoms with Crippen molar-refractivity contribution in [3.63, 3.8) is 0 Å². The number of guanidine groups is 1. The van der Waals surface area contributed by atoms with E-state index in [1.54, 1.807) is 19.2 Å². The summed E-state index contributed by atoms with van der Waals surface area (Å²) >= 11 is 0. The summed E-state index contributed by atoms with van der Waals surface area (Å²) in [5.74, 6) is 1.58. The summed E-state index contributed by atoms with van der Waals surface area (Å²) < 4.78 is 5.37. The standard InChI is InChI=1S/C18H26N6O3.HI/c1-4-16-15(17(5-2)27-23-16)12-22-18(19-3)21-11-10-20-13-6-8-14(9-7-13)24(25)26;/h6-9,20H,4-5,10-12H2,1-3H3,(H2,19,21,22);1H. The number of aryl methyl sites for hydroxylation is 2. The molecule has 0 amide bonds. The Labute approximate surface area is 181 Å². The molecule has 3 N–H and O–H groups in total. The van der Waals surface area contributed by atoms with Gasteiger partial charge in [0.05, 0.1) is 10.6 Å². The van der Waals surface area contributed by atoms with Gasteiger partial charge in [0.15, 0.2) is 5.96 Å². The molecule has 0 saturated heterocycles. The van der Waals surface area contributed by atoms with Crippen molar-refractivity contribution in [1.82, 2.24) is 15.8 Å². The monoisotopic (exact) mass is 502 g/mol. The predicted octanol–water partition coefficient (Wildman–Crippen LogP) is 3.10. The number of nitrogens with zero attached hydrogens (tertiary/aromatic N) is 3. The molecule has 2 rings (SSSR count). The van der Waals surface area contributed by atoms with Gasteiger partial charge in [-0.15, -0.1) is 24.0 Å². The average Bonchev–Trinajstić information content (AvgIpc) is 3.09. The highest BCUT2D eigenvalue weighted by atomic mass is 127. The number of nitro benzene ring substituents is 1. The van der Waals surface area contributed by atoms with Crippen LogP contribution in [0.2, 0.25) is 0 Å². The van der Waals surface area contributed by atoms with E-state index in [4.69, 9.17) is 4.52 Å². The molecule has 0 fully saturated rings. The summed E-state index contributed by atoms with van der Waals surface area (Å²) in [5.41, 5.74) is 2.96. The van der Waals surface area contributed by atoms with E-state index in [0.717, 1.165) is 35.5 Å². The molecular formula is C18H27IN6O3. The van der Waals surface area contributed by atoms with E-state index in [2.05, 4.69) is 33.0 Å². The van der Waals surface area contributed by atoms with Gasteiger partial charge >= 0.3 is 0 Å². The van der Waals surface area contributed by atoms with Crippen molar-refractivity contribution >= 4 is 41.3 Å². The largest absolute Gasteiger partial charge is 0.383 e. The Hall–Kier alpha value is -2.37. The lowest BCUT2D eigenvalue weighted by Crippen LogP contribution is -2.39. The number of rotatable bonds is 9. The first-order valence-corrected chi connectivity index (χ1v) is 8.98. The lowest BCUT2D eigenvalue weighted by atomic mass is 10.1. The maximum atomic E-state index is 10.7. The quantitative estimate of drug-likeness (QED) is 0.121. The Balaban J connectivity index is 0.00000392. The third kappa shape index (κ3) is 6.66. The highest BCUT2D eigenvalue weighted by Crippen LogP contribution is 2.16. The van der Waals surface area contributed by atoms with Gasteiger partial charge in [0.25, 0.3) is 5.69 Å². The highest BCUT2D eigenvalue weighted by Gasteiger charge is 2.13. The second-order valence-electron chi connectivity index (χ2n) is 5.82. The minimum atomic E-state index is -0.412. The highest BCUT2D eigenvalue weighted by molar-refractivity contribution is 14.0. The van der Waals surface area contributed by atoms with Gasteiger partial charge in [0.1, 0.15) is 5.76 Å². The van der Waals surface area contributed by atoms with Crippen molar-refractivity contribution < 1.29 is 9.45 Å². The molecule has 10 heteroatoms. The molecule has 2 aromatic rings. The number of nitrogens with one attached hydrogen (secondary N) is 3. The van der Waals surface area contributed by atoms with Gasteiger partial charge in [-0.25, -0.2) is 0 Å². The van der Waals surface area contributed by atoms with Crippen LogP contribution in [0.25, 0.3) is 0 Å². The van der Waals surface area contributed by atoms with E-state index >= 15 is 0 Å². The van der Waals surface area contributed by atoms with E-state index < -0.39 is 4.92 Å². The first-order valence-electron chi connectivity index (χ1n) is 8.98. The van der Waals surface area contributed by atoms with Crippen molar-refractivity contribution in [3.8, 4) is 0 Å². The van der Waals surface area contributed by atoms with Gasteiger partial charge in [0.2, 0.25) is 0 Å². The molecule has 0 aliphatic carbocycles. The second kappa shape index (κ2) is 12.2. The van der Waals surface area contributed by atoms with Crippen molar-refractivity contribution in [2.75, 3.05) is 25.5 Å². The maximum absolute atomic E-state index is 10.7. The molecule has 0 saturated carbocycles. The van der Waals surface area contributed by atoms with Gasteiger partial charge in [-0.05, 0) is 18.6 Å². The number of benzene rings is 1. The molecule has 9 nitrogen and oxygen atoms in total. The molecule has 0 spiro atoms. The fraction of sp³-hybridized carbons (Fsp3) is 0.444. The van der Waals surface area contributed by atoms with Gasteiger partial charge in [-0.2, -0.15) is 0 Å². The van der Waals surface area contributed by atoms with Crippen LogP contribution in [-0.2, 0) is 19.4 Å². The fourth-order valence-electron chi connectivity index (χ4n) is 2.62. The van der Waals surface area contributed by atoms with Crippen molar-refractivity contribution in [2.24, 2.45) is 4.99 Å². The summed E-state index contributed by atoms with van der Waals surface area (Å²) in [7, 11) is 1.72. The van der Waals surface area contributed by atoms with E-state index in [1.807, 2.05) is 6.92 Å². The van der Waals surface area contributed by atoms with Crippen LogP contribution >= 0.6 is 24.0 Å². The van der Waals surface area contributed by atoms with Crippen LogP contribution in [0.1, 0.15) is 30.9 Å². The zero-order chi connectivity index (χ0) is 19.6. The zero-order valence-electron chi connectivity index (χ0n) is 16.3. The Morgan fingerprint density at radius 3 is 2.46 bits per heavy atom. The average molecular weight is 502 g/mol. The third-order valence-electron chi connectivity index (χ3n) is 4.09. The minimum absolute atomic E-state index is 0. The molecule has 0 bridgehead atoms. The van der Waals surface area contributed by atoms with Gasteiger partial charge in [-0.1, -0.05) is 19.0 Å². The van der Waals surface area contributed by atoms with Crippen LogP contribution in [0.15, 0.2) is 33.8 Å². The summed E-state index contributed by atoms with van der Waals surface area (Å²) in [6, 6.07) is 6.34. The zero-order valence-corrected chi connectivity index (χ0v) is 18.6. The number of aromatic nitrogens is 1. The van der Waals surface area contributed by atoms with Crippen molar-refractivity contribution in [2.45, 2.75) is 33.2 Å². The van der Waals surface area contributed by atoms with E-state index in [9.17, 15) is 10.1 Å². The number of nitro groups is 1. The molecule has 0 aliphatic rings. The smallest absolute Gasteiger partial charge is 0.269 e. The number of halogens is 1. The summed E-state index contributed by atoms with van der Waals surface area (Å²) in [4.78, 5) is 14.5. The van der Waals surface area contributed by atoms with Gasteiger partial charge in [0, 0.05) is 56.5 Å². The van der Waals surface area contributed by atoms with E-state index in [1.165, 1.54) is 12.1 Å². The van der Waals surface area contributed by atoms with Crippen LogP contribution in [-0.4, -0.2) is 36.2 Å². The summed E-state index contributed by atoms with van der Waals surface area (Å²) in [6.07, 6.45) is 1.63. The molecule has 28 heavy (non-hydrogen) atoms. The molecule has 0 radical (unpaired) electrons. The number of anilines is 1. The summed E-state index contributed by atoms with van der Waals surface area (Å²) in [5, 5.41) is 24.5. The first kappa shape index (κ1) is 23.7. The minimum Gasteiger partial charge on any atom is -0.383 e. The third-order valence-corrected chi connectivity index (χ3v) is 4.09. The molecule has 1 heterocycles. The van der Waals surface area contributed by atoms with Gasteiger partial charge in [-0.3, -0.25) is 15.1 Å². The maximum Gasteiger partial charge on any atom is 0.269 e. The second-order valence-corrected chi connectivity index (χ2v) is 5.82. The Morgan fingerprint density at radius 2 is 1.89 bits per heavy atom. The number of non-ortho nitro benzene ring substituents is 1. The first-order chi connectivity index (χ1) is 13.1. The number of hydrogen-bond acceptors (Lipinski definition) is 6. The Bertz CT molecular complexity index is 755. The van der Waals surface area contributed by atoms with Crippen LogP contribution in [0.5, 0.6) is 0 Å². The molecule has 0 atom stereocenters. The molecular weight excluding hydrogens is 475 g/mol. The predicted molar refractivity (Wildman–Crippen MR) is 120 cm³/mol. The molecule has 154 valence electrons. The fourth-order valence-corrected chi connectivity index (χ4v) is 2.62. The van der Waals surface area contributed by atoms with Crippen LogP contribution in [0.3, 0.4) is 0 Å². The topological polar surface area (TPSA) is 118 Å². The Morgan fingerprint density at radius 1 is 1.18 bits per heavy atom. The lowest BCUT2D eigenvalue weighted by molar-refractivity contribution is -0.384. The number of aliphatic imine (C=N–C) groups is 1. The van der Waals surface area contributed by atoms with E-state index in [-0.39, 0.29) is 29.7 Å². The normalized spacial score (nSPS) is 10.9. The van der Waals surface area contributed by atoms with Crippen molar-refractivity contribution in [1.29, 1.82) is 0 Å². The molecule has 0 aliphatic heterocycles. The van der Waals surface area contributed by atoms with Crippen LogP contribution in [0, 0.1) is 10.1 Å². The molecule has 1 aromatic carbocycles. The van der Waals surface area contributed by atoms with Crippen molar-refractivity contribution in [3.05, 3.63) is 51.4 Å².